The molecule has 0 saturated carbocycles. The monoisotopic (exact) mass is 1550 g/mol. The molecule has 564 valence electrons. The molecule has 0 aliphatic carbocycles. The summed E-state index contributed by atoms with van der Waals surface area (Å²) in [6, 6.07) is 34.5. The molecule has 3 unspecified atom stereocenters. The number of nitrogens with two attached hydrogens (primary N) is 4. The summed E-state index contributed by atoms with van der Waals surface area (Å²) in [7, 11) is -11.3. The van der Waals surface area contributed by atoms with E-state index in [1.807, 2.05) is 61.7 Å². The lowest BCUT2D eigenvalue weighted by Gasteiger charge is -2.24. The van der Waals surface area contributed by atoms with Crippen LogP contribution >= 0.6 is 40.5 Å². The first-order valence-electron chi connectivity index (χ1n) is 32.8. The lowest BCUT2D eigenvalue weighted by atomic mass is 10.1. The van der Waals surface area contributed by atoms with E-state index in [1.54, 1.807) is 113 Å². The number of rotatable bonds is 32. The number of anilines is 4. The molecule has 0 amide bonds. The van der Waals surface area contributed by atoms with E-state index in [-0.39, 0.29) is 42.7 Å². The highest BCUT2D eigenvalue weighted by molar-refractivity contribution is 7.85. The predicted octanol–water partition coefficient (Wildman–Crippen LogP) is 10.6. The van der Waals surface area contributed by atoms with Gasteiger partial charge in [0.2, 0.25) is 0 Å². The van der Waals surface area contributed by atoms with Gasteiger partial charge in [0.15, 0.2) is 52.2 Å². The molecule has 4 aromatic carbocycles. The van der Waals surface area contributed by atoms with E-state index in [0.717, 1.165) is 5.56 Å². The van der Waals surface area contributed by atoms with E-state index in [1.165, 1.54) is 37.2 Å². The Morgan fingerprint density at radius 2 is 0.764 bits per heavy atom. The predicted molar refractivity (Wildman–Crippen MR) is 400 cm³/mol. The van der Waals surface area contributed by atoms with Gasteiger partial charge in [-0.05, 0) is 99.3 Å². The number of para-hydroxylation sites is 3. The second-order valence-corrected chi connectivity index (χ2v) is 33.3. The first kappa shape index (κ1) is 80.7. The molecule has 8 heterocycles. The Morgan fingerprint density at radius 1 is 0.425 bits per heavy atom. The summed E-state index contributed by atoms with van der Waals surface area (Å²) in [5.41, 5.74) is 29.8. The van der Waals surface area contributed by atoms with Gasteiger partial charge in [-0.2, -0.15) is 0 Å². The molecule has 12 rings (SSSR count). The molecule has 8 atom stereocenters. The van der Waals surface area contributed by atoms with Crippen LogP contribution in [0.25, 0.3) is 44.7 Å². The average molecular weight is 1560 g/mol. The van der Waals surface area contributed by atoms with Gasteiger partial charge in [0.25, 0.3) is 7.37 Å². The van der Waals surface area contributed by atoms with Gasteiger partial charge in [0.05, 0.1) is 89.1 Å². The minimum Gasteiger partial charge on any atom is -0.441 e. The molecule has 0 aliphatic heterocycles. The SMILES string of the molecule is C[C@H](Cn1cnc2c(N)ncnc21)OCP(=O)(Cl)Oc1ccccc1.C[C@H](Cn1cnc2c(N)ncnc21)OCP(=O)(O)O.C[C@H](Cn1cnc2c(N)ncnc21)OCP(=O)(O)Oc1ccccc1.Cc1ccccc1COC[C@H](C)CP(=O)(CO[C@H](C)Cn1cnc2c(N)ncnc21)Oc1ccccc1. The largest absolute Gasteiger partial charge is 0.441 e. The van der Waals surface area contributed by atoms with E-state index < -0.39 is 48.1 Å². The Labute approximate surface area is 613 Å². The van der Waals surface area contributed by atoms with Crippen LogP contribution in [0.4, 0.5) is 23.3 Å². The molecule has 8 aromatic heterocycles. The van der Waals surface area contributed by atoms with Gasteiger partial charge in [-0.1, -0.05) is 85.8 Å². The molecule has 0 spiro atoms. The fourth-order valence-corrected chi connectivity index (χ4v) is 15.1. The van der Waals surface area contributed by atoms with Crippen molar-refractivity contribution < 1.29 is 70.2 Å². The zero-order chi connectivity index (χ0) is 76.0. The Balaban J connectivity index is 0.000000168. The molecule has 35 nitrogen and oxygen atoms in total. The van der Waals surface area contributed by atoms with Gasteiger partial charge in [-0.15, -0.1) is 0 Å². The van der Waals surface area contributed by atoms with E-state index in [2.05, 4.69) is 78.9 Å². The molecule has 40 heteroatoms. The summed E-state index contributed by atoms with van der Waals surface area (Å²) in [4.78, 5) is 76.3. The number of halogens is 1. The first-order chi connectivity index (χ1) is 50.6. The third kappa shape index (κ3) is 24.6. The number of ether oxygens (including phenoxy) is 5. The lowest BCUT2D eigenvalue weighted by Crippen LogP contribution is -2.21. The molecule has 0 saturated heterocycles. The highest BCUT2D eigenvalue weighted by Gasteiger charge is 2.31. The molecular weight excluding hydrogens is 1470 g/mol. The van der Waals surface area contributed by atoms with Gasteiger partial charge >= 0.3 is 21.9 Å². The second-order valence-electron chi connectivity index (χ2n) is 24.4. The summed E-state index contributed by atoms with van der Waals surface area (Å²) in [5.74, 6) is 2.55. The fraction of sp³-hybridized carbons (Fsp3) is 0.333. The molecule has 11 N–H and O–H groups in total. The zero-order valence-corrected chi connectivity index (χ0v) is 63.0. The third-order valence-corrected chi connectivity index (χ3v) is 20.3. The molecule has 106 heavy (non-hydrogen) atoms. The summed E-state index contributed by atoms with van der Waals surface area (Å²) in [6.07, 6.45) is 9.58. The van der Waals surface area contributed by atoms with Crippen molar-refractivity contribution in [2.45, 2.75) is 98.7 Å². The highest BCUT2D eigenvalue weighted by Crippen LogP contribution is 2.53. The standard InChI is InChI=1S/C27H34N5O4P.C15H17ClN5O3P.C15H18N5O4P.C9H14N5O4P/c1-20(14-34-15-23-10-8-7-9-21(23)2)16-37(33,36-24-11-5-4-6-12-24)19-35-22(3)13-32-18-31-25-26(28)29-17-30-27(25)32;1-11(7-21-9-20-13-14(17)18-8-19-15(13)21)23-10-25(16,22)24-12-5-3-2-4-6-12;1-11(7-20-9-19-13-14(16)17-8-18-15(13)20)23-10-25(21,22)24-12-5-3-2-4-6-12;1-6(18-5-19(15,16)17)2-14-4-13-7-8(10)11-3-12-9(7)14/h4-12,17-18,20,22H,13-16,19H2,1-3H3,(H2,28,29,30);2-6,8-9,11H,7,10H2,1H3,(H2,17,18,19);2-6,8-9,11H,7,10H2,1H3,(H,21,22)(H2,16,17,18);3-4,6H,2,5H2,1H3,(H2,10,11,12)(H2,15,16,17)/t20-,22+,37?;11-,25?;11-;6-/m0111/s1. The maximum atomic E-state index is 14.0. The van der Waals surface area contributed by atoms with Crippen LogP contribution in [-0.2, 0) is 74.7 Å². The van der Waals surface area contributed by atoms with Crippen LogP contribution in [0.1, 0.15) is 45.7 Å². The number of nitrogen functional groups attached to an aromatic ring is 4. The number of hydrogen-bond donors (Lipinski definition) is 7. The van der Waals surface area contributed by atoms with Crippen LogP contribution in [0.3, 0.4) is 0 Å². The number of benzene rings is 4. The van der Waals surface area contributed by atoms with Crippen molar-refractivity contribution >= 4 is 108 Å². The molecule has 0 bridgehead atoms. The summed E-state index contributed by atoms with van der Waals surface area (Å²) < 4.78 is 101. The first-order valence-corrected chi connectivity index (χ1v) is 41.1. The van der Waals surface area contributed by atoms with Crippen LogP contribution in [-0.4, -0.2) is 155 Å². The lowest BCUT2D eigenvalue weighted by molar-refractivity contribution is 0.0764. The highest BCUT2D eigenvalue weighted by atomic mass is 35.7. The van der Waals surface area contributed by atoms with Crippen molar-refractivity contribution in [2.75, 3.05) is 61.1 Å². The van der Waals surface area contributed by atoms with Crippen molar-refractivity contribution in [3.8, 4) is 17.2 Å². The van der Waals surface area contributed by atoms with Crippen LogP contribution in [0.15, 0.2) is 166 Å². The molecule has 0 radical (unpaired) electrons. The van der Waals surface area contributed by atoms with Crippen molar-refractivity contribution in [3.05, 3.63) is 177 Å². The molecule has 0 fully saturated rings. The summed E-state index contributed by atoms with van der Waals surface area (Å²) in [6.45, 7) is 10.5. The summed E-state index contributed by atoms with van der Waals surface area (Å²) in [5, 5.41) is 0. The minimum atomic E-state index is -4.16. The van der Waals surface area contributed by atoms with Crippen molar-refractivity contribution in [1.82, 2.24) is 78.1 Å². The van der Waals surface area contributed by atoms with Crippen molar-refractivity contribution in [3.63, 3.8) is 0 Å². The van der Waals surface area contributed by atoms with Crippen molar-refractivity contribution in [1.29, 1.82) is 0 Å². The second kappa shape index (κ2) is 37.7. The summed E-state index contributed by atoms with van der Waals surface area (Å²) >= 11 is 5.96. The third-order valence-electron chi connectivity index (χ3n) is 15.2. The average Bonchev–Trinajstić information content (AvgIpc) is 1.68. The zero-order valence-electron chi connectivity index (χ0n) is 58.6. The van der Waals surface area contributed by atoms with Crippen LogP contribution in [0.5, 0.6) is 17.2 Å². The number of aromatic nitrogens is 16. The topological polar surface area (TPSA) is 481 Å². The Kier molecular flexibility index (Phi) is 28.7. The van der Waals surface area contributed by atoms with Crippen molar-refractivity contribution in [2.24, 2.45) is 5.92 Å². The number of nitrogens with zero attached hydrogens (tertiary/aromatic N) is 16. The van der Waals surface area contributed by atoms with E-state index in [4.69, 9.17) is 81.2 Å². The van der Waals surface area contributed by atoms with Crippen LogP contribution < -0.4 is 36.5 Å². The van der Waals surface area contributed by atoms with Crippen LogP contribution in [0, 0.1) is 12.8 Å². The van der Waals surface area contributed by atoms with Gasteiger partial charge in [0, 0.05) is 6.16 Å². The van der Waals surface area contributed by atoms with Gasteiger partial charge in [0.1, 0.15) is 83.7 Å². The van der Waals surface area contributed by atoms with Crippen LogP contribution in [0.2, 0.25) is 0 Å². The van der Waals surface area contributed by atoms with Gasteiger partial charge in [-0.25, -0.2) is 64.4 Å². The van der Waals surface area contributed by atoms with E-state index in [0.29, 0.717) is 125 Å². The Morgan fingerprint density at radius 3 is 1.15 bits per heavy atom. The normalized spacial score (nSPS) is 14.7. The number of hydrogen-bond acceptors (Lipinski definition) is 28. The maximum absolute atomic E-state index is 14.0. The minimum absolute atomic E-state index is 0.00902. The quantitative estimate of drug-likeness (QED) is 0.0193. The smallest absolute Gasteiger partial charge is 0.402 e. The number of fused-ring (bicyclic) bond motifs is 4. The Hall–Kier alpha value is -9.43. The molecular formula is C66H83ClN20O15P4. The fourth-order valence-electron chi connectivity index (χ4n) is 10.1. The van der Waals surface area contributed by atoms with E-state index >= 15 is 0 Å². The number of imidazole rings is 4. The molecule has 12 aromatic rings. The van der Waals surface area contributed by atoms with Gasteiger partial charge < -0.3 is 93.1 Å². The Bertz CT molecular complexity index is 4840. The maximum Gasteiger partial charge on any atom is 0.402 e. The number of aryl methyl sites for hydroxylation is 1. The van der Waals surface area contributed by atoms with Gasteiger partial charge in [-0.3, -0.25) is 13.7 Å². The van der Waals surface area contributed by atoms with E-state index in [9.17, 15) is 23.2 Å². The molecule has 0 aliphatic rings.